The van der Waals surface area contributed by atoms with Crippen LogP contribution < -0.4 is 4.90 Å². The van der Waals surface area contributed by atoms with E-state index in [0.29, 0.717) is 0 Å². The van der Waals surface area contributed by atoms with Crippen molar-refractivity contribution in [2.45, 2.75) is 6.54 Å². The molecular formula is C20H22N6. The summed E-state index contributed by atoms with van der Waals surface area (Å²) in [4.78, 5) is 4.98. The maximum absolute atomic E-state index is 4.43. The highest BCUT2D eigenvalue weighted by Crippen LogP contribution is 2.33. The summed E-state index contributed by atoms with van der Waals surface area (Å²) < 4.78 is 1.73. The molecule has 4 heterocycles. The highest BCUT2D eigenvalue weighted by atomic mass is 15.4. The van der Waals surface area contributed by atoms with Crippen molar-refractivity contribution in [2.24, 2.45) is 11.8 Å². The summed E-state index contributed by atoms with van der Waals surface area (Å²) in [7, 11) is 0. The summed E-state index contributed by atoms with van der Waals surface area (Å²) in [5, 5.41) is 13.0. The molecule has 0 radical (unpaired) electrons. The zero-order valence-electron chi connectivity index (χ0n) is 14.6. The van der Waals surface area contributed by atoms with Gasteiger partial charge < -0.3 is 4.90 Å². The third-order valence-corrected chi connectivity index (χ3v) is 5.51. The van der Waals surface area contributed by atoms with E-state index >= 15 is 0 Å². The standard InChI is InChI=1S/C20H22N6/c1-2-5-16(6-3-1)11-24-12-17-14-25(15-18(17)13-24)19-7-8-20(23-22-19)26-10-4-9-21-26/h1-10,17-18H,11-15H2. The Labute approximate surface area is 153 Å². The Morgan fingerprint density at radius 1 is 0.808 bits per heavy atom. The predicted molar refractivity (Wildman–Crippen MR) is 100 cm³/mol. The van der Waals surface area contributed by atoms with E-state index in [1.54, 1.807) is 10.9 Å². The van der Waals surface area contributed by atoms with Crippen LogP contribution in [0.4, 0.5) is 5.82 Å². The van der Waals surface area contributed by atoms with E-state index in [-0.39, 0.29) is 0 Å². The van der Waals surface area contributed by atoms with Gasteiger partial charge in [0, 0.05) is 45.1 Å². The van der Waals surface area contributed by atoms with Crippen LogP contribution in [0.25, 0.3) is 5.82 Å². The Balaban J connectivity index is 1.21. The van der Waals surface area contributed by atoms with Crippen molar-refractivity contribution in [3.8, 4) is 5.82 Å². The maximum atomic E-state index is 4.43. The second-order valence-electron chi connectivity index (χ2n) is 7.31. The lowest BCUT2D eigenvalue weighted by Gasteiger charge is -2.22. The monoisotopic (exact) mass is 346 g/mol. The number of benzene rings is 1. The van der Waals surface area contributed by atoms with Gasteiger partial charge in [0.15, 0.2) is 11.6 Å². The van der Waals surface area contributed by atoms with E-state index in [1.165, 1.54) is 18.7 Å². The Morgan fingerprint density at radius 2 is 1.54 bits per heavy atom. The fourth-order valence-corrected chi connectivity index (χ4v) is 4.26. The molecule has 26 heavy (non-hydrogen) atoms. The molecule has 0 amide bonds. The highest BCUT2D eigenvalue weighted by molar-refractivity contribution is 5.41. The zero-order chi connectivity index (χ0) is 17.3. The Hall–Kier alpha value is -2.73. The van der Waals surface area contributed by atoms with Crippen LogP contribution in [0.5, 0.6) is 0 Å². The van der Waals surface area contributed by atoms with Gasteiger partial charge in [0.05, 0.1) is 0 Å². The quantitative estimate of drug-likeness (QED) is 0.725. The number of anilines is 1. The lowest BCUT2D eigenvalue weighted by Crippen LogP contribution is -2.29. The van der Waals surface area contributed by atoms with Crippen molar-refractivity contribution in [2.75, 3.05) is 31.1 Å². The number of nitrogens with zero attached hydrogens (tertiary/aromatic N) is 6. The molecule has 5 rings (SSSR count). The van der Waals surface area contributed by atoms with Crippen LogP contribution in [0.2, 0.25) is 0 Å². The van der Waals surface area contributed by atoms with Gasteiger partial charge in [0.2, 0.25) is 0 Å². The maximum Gasteiger partial charge on any atom is 0.175 e. The molecule has 132 valence electrons. The van der Waals surface area contributed by atoms with Gasteiger partial charge in [0.1, 0.15) is 0 Å². The van der Waals surface area contributed by atoms with Gasteiger partial charge in [-0.15, -0.1) is 10.2 Å². The molecule has 2 fully saturated rings. The summed E-state index contributed by atoms with van der Waals surface area (Å²) in [5.41, 5.74) is 1.41. The molecule has 2 unspecified atom stereocenters. The SMILES string of the molecule is c1ccc(CN2CC3CN(c4ccc(-n5cccn5)nn4)CC3C2)cc1. The van der Waals surface area contributed by atoms with Crippen molar-refractivity contribution in [1.29, 1.82) is 0 Å². The number of hydrogen-bond acceptors (Lipinski definition) is 5. The molecule has 2 aliphatic heterocycles. The minimum Gasteiger partial charge on any atom is -0.354 e. The van der Waals surface area contributed by atoms with Gasteiger partial charge in [-0.2, -0.15) is 5.10 Å². The summed E-state index contributed by atoms with van der Waals surface area (Å²) in [6.45, 7) is 5.56. The third kappa shape index (κ3) is 2.97. The molecule has 0 bridgehead atoms. The van der Waals surface area contributed by atoms with Crippen LogP contribution in [-0.2, 0) is 6.54 Å². The first-order valence-electron chi connectivity index (χ1n) is 9.20. The van der Waals surface area contributed by atoms with Crippen LogP contribution in [0.15, 0.2) is 60.9 Å². The number of likely N-dealkylation sites (tertiary alicyclic amines) is 1. The molecule has 0 N–H and O–H groups in total. The van der Waals surface area contributed by atoms with Gasteiger partial charge >= 0.3 is 0 Å². The van der Waals surface area contributed by atoms with E-state index in [2.05, 4.69) is 61.5 Å². The second-order valence-corrected chi connectivity index (χ2v) is 7.31. The number of hydrogen-bond donors (Lipinski definition) is 0. The van der Waals surface area contributed by atoms with Gasteiger partial charge in [-0.05, 0) is 35.6 Å². The number of rotatable bonds is 4. The van der Waals surface area contributed by atoms with Gasteiger partial charge in [-0.1, -0.05) is 30.3 Å². The highest BCUT2D eigenvalue weighted by Gasteiger charge is 2.40. The molecule has 2 atom stereocenters. The fourth-order valence-electron chi connectivity index (χ4n) is 4.26. The van der Waals surface area contributed by atoms with Crippen LogP contribution >= 0.6 is 0 Å². The summed E-state index contributed by atoms with van der Waals surface area (Å²) in [6.07, 6.45) is 3.63. The average Bonchev–Trinajstić information content (AvgIpc) is 3.39. The molecular weight excluding hydrogens is 324 g/mol. The van der Waals surface area contributed by atoms with Crippen molar-refractivity contribution < 1.29 is 0 Å². The Kier molecular flexibility index (Phi) is 3.90. The molecule has 6 heteroatoms. The molecule has 0 spiro atoms. The zero-order valence-corrected chi connectivity index (χ0v) is 14.6. The Bertz CT molecular complexity index is 832. The summed E-state index contributed by atoms with van der Waals surface area (Å²) >= 11 is 0. The largest absolute Gasteiger partial charge is 0.354 e. The van der Waals surface area contributed by atoms with E-state index < -0.39 is 0 Å². The second kappa shape index (κ2) is 6.53. The molecule has 2 saturated heterocycles. The average molecular weight is 346 g/mol. The molecule has 0 saturated carbocycles. The first-order valence-corrected chi connectivity index (χ1v) is 9.20. The van der Waals surface area contributed by atoms with E-state index in [1.807, 2.05) is 18.3 Å². The molecule has 2 aromatic heterocycles. The molecule has 1 aromatic carbocycles. The normalized spacial score (nSPS) is 22.7. The first-order chi connectivity index (χ1) is 12.8. The topological polar surface area (TPSA) is 50.1 Å². The minimum atomic E-state index is 0.728. The predicted octanol–water partition coefficient (Wildman–Crippen LogP) is 2.23. The lowest BCUT2D eigenvalue weighted by molar-refractivity contribution is 0.309. The van der Waals surface area contributed by atoms with Gasteiger partial charge in [-0.25, -0.2) is 4.68 Å². The minimum absolute atomic E-state index is 0.728. The van der Waals surface area contributed by atoms with Crippen molar-refractivity contribution in [1.82, 2.24) is 24.9 Å². The molecule has 2 aliphatic rings. The fraction of sp³-hybridized carbons (Fsp3) is 0.350. The molecule has 3 aromatic rings. The van der Waals surface area contributed by atoms with Gasteiger partial charge in [-0.3, -0.25) is 4.90 Å². The first kappa shape index (κ1) is 15.5. The Morgan fingerprint density at radius 3 is 2.19 bits per heavy atom. The summed E-state index contributed by atoms with van der Waals surface area (Å²) in [5.74, 6) is 3.19. The van der Waals surface area contributed by atoms with Crippen molar-refractivity contribution >= 4 is 5.82 Å². The van der Waals surface area contributed by atoms with E-state index in [0.717, 1.165) is 43.1 Å². The third-order valence-electron chi connectivity index (χ3n) is 5.51. The molecule has 6 nitrogen and oxygen atoms in total. The van der Waals surface area contributed by atoms with Crippen molar-refractivity contribution in [3.63, 3.8) is 0 Å². The summed E-state index contributed by atoms with van der Waals surface area (Å²) in [6, 6.07) is 16.7. The molecule has 0 aliphatic carbocycles. The van der Waals surface area contributed by atoms with Crippen LogP contribution in [-0.4, -0.2) is 51.1 Å². The van der Waals surface area contributed by atoms with Crippen LogP contribution in [0.1, 0.15) is 5.56 Å². The van der Waals surface area contributed by atoms with Crippen LogP contribution in [0, 0.1) is 11.8 Å². The number of fused-ring (bicyclic) bond motifs is 1. The number of aromatic nitrogens is 4. The van der Waals surface area contributed by atoms with Gasteiger partial charge in [0.25, 0.3) is 0 Å². The smallest absolute Gasteiger partial charge is 0.175 e. The lowest BCUT2D eigenvalue weighted by atomic mass is 10.0. The van der Waals surface area contributed by atoms with E-state index in [4.69, 9.17) is 0 Å². The van der Waals surface area contributed by atoms with Crippen molar-refractivity contribution in [3.05, 3.63) is 66.5 Å². The van der Waals surface area contributed by atoms with Crippen LogP contribution in [0.3, 0.4) is 0 Å². The van der Waals surface area contributed by atoms with E-state index in [9.17, 15) is 0 Å².